The summed E-state index contributed by atoms with van der Waals surface area (Å²) in [4.78, 5) is 28.8. The molecule has 0 bridgehead atoms. The molecule has 4 rings (SSSR count). The third-order valence-electron chi connectivity index (χ3n) is 5.56. The van der Waals surface area contributed by atoms with Crippen LogP contribution in [0.3, 0.4) is 0 Å². The normalized spacial score (nSPS) is 24.4. The van der Waals surface area contributed by atoms with Gasteiger partial charge in [0, 0.05) is 16.9 Å². The molecule has 1 N–H and O–H groups in total. The summed E-state index contributed by atoms with van der Waals surface area (Å²) in [5.74, 6) is -0.0735. The van der Waals surface area contributed by atoms with Gasteiger partial charge in [-0.05, 0) is 23.3 Å². The molecular weight excluding hydrogens is 408 g/mol. The second kappa shape index (κ2) is 7.44. The van der Waals surface area contributed by atoms with E-state index < -0.39 is 0 Å². The Morgan fingerprint density at radius 2 is 1.81 bits per heavy atom. The van der Waals surface area contributed by atoms with Crippen molar-refractivity contribution in [2.45, 2.75) is 24.4 Å². The van der Waals surface area contributed by atoms with Crippen molar-refractivity contribution in [1.29, 1.82) is 0 Å². The van der Waals surface area contributed by atoms with Gasteiger partial charge in [-0.25, -0.2) is 0 Å². The first-order chi connectivity index (χ1) is 13.1. The first-order valence-electron chi connectivity index (χ1n) is 9.07. The van der Waals surface area contributed by atoms with Crippen LogP contribution in [0.5, 0.6) is 0 Å². The SMILES string of the molecule is O=C(Cc1ccccc1)N1CC(=O)N2[C@H](CO)[C@@H](c3ccc(Br)cc3)[C@H]2C1. The van der Waals surface area contributed by atoms with Crippen LogP contribution in [0.25, 0.3) is 0 Å². The molecule has 0 unspecified atom stereocenters. The number of hydrogen-bond donors (Lipinski definition) is 1. The van der Waals surface area contributed by atoms with Crippen LogP contribution in [0.15, 0.2) is 59.1 Å². The minimum absolute atomic E-state index is 0.0313. The van der Waals surface area contributed by atoms with Gasteiger partial charge in [-0.3, -0.25) is 9.59 Å². The first kappa shape index (κ1) is 18.2. The lowest BCUT2D eigenvalue weighted by Crippen LogP contribution is -2.73. The van der Waals surface area contributed by atoms with E-state index in [-0.39, 0.29) is 43.0 Å². The molecule has 2 aromatic carbocycles. The highest BCUT2D eigenvalue weighted by Crippen LogP contribution is 2.43. The van der Waals surface area contributed by atoms with Gasteiger partial charge in [-0.1, -0.05) is 58.4 Å². The average molecular weight is 429 g/mol. The average Bonchev–Trinajstić information content (AvgIpc) is 2.65. The van der Waals surface area contributed by atoms with Gasteiger partial charge < -0.3 is 14.9 Å². The number of carbonyl (C=O) groups is 2. The number of benzene rings is 2. The van der Waals surface area contributed by atoms with Crippen LogP contribution in [-0.2, 0) is 16.0 Å². The lowest BCUT2D eigenvalue weighted by Gasteiger charge is -2.58. The van der Waals surface area contributed by atoms with Gasteiger partial charge in [0.15, 0.2) is 0 Å². The van der Waals surface area contributed by atoms with Gasteiger partial charge in [0.1, 0.15) is 0 Å². The van der Waals surface area contributed by atoms with Crippen LogP contribution in [0.1, 0.15) is 17.0 Å². The minimum Gasteiger partial charge on any atom is -0.394 e. The fourth-order valence-electron chi connectivity index (χ4n) is 4.26. The second-order valence-electron chi connectivity index (χ2n) is 7.13. The Labute approximate surface area is 166 Å². The molecule has 0 aliphatic carbocycles. The summed E-state index contributed by atoms with van der Waals surface area (Å²) in [5.41, 5.74) is 2.03. The predicted octanol–water partition coefficient (Wildman–Crippen LogP) is 2.19. The molecule has 0 spiro atoms. The molecule has 0 radical (unpaired) electrons. The number of piperazine rings is 1. The summed E-state index contributed by atoms with van der Waals surface area (Å²) in [5, 5.41) is 9.82. The fraction of sp³-hybridized carbons (Fsp3) is 0.333. The third kappa shape index (κ3) is 3.39. The summed E-state index contributed by atoms with van der Waals surface area (Å²) >= 11 is 3.44. The van der Waals surface area contributed by atoms with Crippen molar-refractivity contribution in [3.63, 3.8) is 0 Å². The number of fused-ring (bicyclic) bond motifs is 1. The van der Waals surface area contributed by atoms with Gasteiger partial charge in [-0.15, -0.1) is 0 Å². The topological polar surface area (TPSA) is 60.9 Å². The maximum atomic E-state index is 12.7. The number of aliphatic hydroxyl groups is 1. The molecule has 0 saturated carbocycles. The molecule has 0 aromatic heterocycles. The molecule has 2 heterocycles. The van der Waals surface area contributed by atoms with E-state index in [0.29, 0.717) is 13.0 Å². The standard InChI is InChI=1S/C21H21BrN2O3/c22-16-8-6-15(7-9-16)21-17-11-23(12-20(27)24(17)18(21)13-25)19(26)10-14-4-2-1-3-5-14/h1-9,17-18,21,25H,10-13H2/t17-,18-,21+/m1/s1. The van der Waals surface area contributed by atoms with Crippen molar-refractivity contribution >= 4 is 27.7 Å². The molecule has 2 aromatic rings. The summed E-state index contributed by atoms with van der Waals surface area (Å²) in [6, 6.07) is 17.3. The predicted molar refractivity (Wildman–Crippen MR) is 105 cm³/mol. The smallest absolute Gasteiger partial charge is 0.242 e. The van der Waals surface area contributed by atoms with E-state index in [1.54, 1.807) is 9.80 Å². The molecule has 140 valence electrons. The van der Waals surface area contributed by atoms with E-state index in [0.717, 1.165) is 15.6 Å². The third-order valence-corrected chi connectivity index (χ3v) is 6.09. The Morgan fingerprint density at radius 3 is 2.48 bits per heavy atom. The van der Waals surface area contributed by atoms with Crippen LogP contribution in [0, 0.1) is 0 Å². The molecule has 2 fully saturated rings. The molecule has 2 amide bonds. The van der Waals surface area contributed by atoms with Crippen molar-refractivity contribution in [2.75, 3.05) is 19.7 Å². The zero-order valence-corrected chi connectivity index (χ0v) is 16.4. The zero-order chi connectivity index (χ0) is 19.0. The molecule has 2 aliphatic rings. The number of carbonyl (C=O) groups excluding carboxylic acids is 2. The fourth-order valence-corrected chi connectivity index (χ4v) is 4.52. The van der Waals surface area contributed by atoms with E-state index in [1.807, 2.05) is 54.6 Å². The molecule has 2 aliphatic heterocycles. The molecule has 3 atom stereocenters. The van der Waals surface area contributed by atoms with Gasteiger partial charge in [-0.2, -0.15) is 0 Å². The van der Waals surface area contributed by atoms with Crippen LogP contribution in [0.2, 0.25) is 0 Å². The van der Waals surface area contributed by atoms with Crippen molar-refractivity contribution in [3.8, 4) is 0 Å². The van der Waals surface area contributed by atoms with Crippen molar-refractivity contribution in [1.82, 2.24) is 9.80 Å². The molecule has 5 nitrogen and oxygen atoms in total. The quantitative estimate of drug-likeness (QED) is 0.811. The van der Waals surface area contributed by atoms with E-state index in [2.05, 4.69) is 15.9 Å². The Morgan fingerprint density at radius 1 is 1.11 bits per heavy atom. The molecule has 2 saturated heterocycles. The highest BCUT2D eigenvalue weighted by atomic mass is 79.9. The summed E-state index contributed by atoms with van der Waals surface area (Å²) < 4.78 is 0.988. The minimum atomic E-state index is -0.213. The molecular formula is C21H21BrN2O3. The number of rotatable bonds is 4. The van der Waals surface area contributed by atoms with Gasteiger partial charge >= 0.3 is 0 Å². The van der Waals surface area contributed by atoms with Gasteiger partial charge in [0.05, 0.1) is 31.7 Å². The lowest BCUT2D eigenvalue weighted by molar-refractivity contribution is -0.166. The highest BCUT2D eigenvalue weighted by Gasteiger charge is 2.54. The van der Waals surface area contributed by atoms with Crippen LogP contribution in [0.4, 0.5) is 0 Å². The number of aliphatic hydroxyl groups excluding tert-OH is 1. The summed E-state index contributed by atoms with van der Waals surface area (Å²) in [6.45, 7) is 0.529. The zero-order valence-electron chi connectivity index (χ0n) is 14.8. The Kier molecular flexibility index (Phi) is 5.02. The summed E-state index contributed by atoms with van der Waals surface area (Å²) in [6.07, 6.45) is 0.299. The lowest BCUT2D eigenvalue weighted by atomic mass is 9.73. The van der Waals surface area contributed by atoms with Crippen molar-refractivity contribution < 1.29 is 14.7 Å². The van der Waals surface area contributed by atoms with Crippen LogP contribution < -0.4 is 0 Å². The van der Waals surface area contributed by atoms with Crippen LogP contribution >= 0.6 is 15.9 Å². The molecule has 27 heavy (non-hydrogen) atoms. The maximum absolute atomic E-state index is 12.7. The van der Waals surface area contributed by atoms with E-state index >= 15 is 0 Å². The maximum Gasteiger partial charge on any atom is 0.242 e. The van der Waals surface area contributed by atoms with E-state index in [9.17, 15) is 14.7 Å². The highest BCUT2D eigenvalue weighted by molar-refractivity contribution is 9.10. The van der Waals surface area contributed by atoms with Crippen molar-refractivity contribution in [3.05, 3.63) is 70.2 Å². The van der Waals surface area contributed by atoms with Gasteiger partial charge in [0.25, 0.3) is 0 Å². The van der Waals surface area contributed by atoms with E-state index in [1.165, 1.54) is 0 Å². The second-order valence-corrected chi connectivity index (χ2v) is 8.05. The molecule has 6 heteroatoms. The Hall–Kier alpha value is -2.18. The Bertz CT molecular complexity index is 840. The van der Waals surface area contributed by atoms with Crippen molar-refractivity contribution in [2.24, 2.45) is 0 Å². The van der Waals surface area contributed by atoms with E-state index in [4.69, 9.17) is 0 Å². The summed E-state index contributed by atoms with van der Waals surface area (Å²) in [7, 11) is 0. The number of hydrogen-bond acceptors (Lipinski definition) is 3. The first-order valence-corrected chi connectivity index (χ1v) is 9.87. The van der Waals surface area contributed by atoms with Gasteiger partial charge in [0.2, 0.25) is 11.8 Å². The number of nitrogens with zero attached hydrogens (tertiary/aromatic N) is 2. The number of halogens is 1. The monoisotopic (exact) mass is 428 g/mol. The van der Waals surface area contributed by atoms with Crippen LogP contribution in [-0.4, -0.2) is 58.5 Å². The number of amides is 2. The largest absolute Gasteiger partial charge is 0.394 e. The Balaban J connectivity index is 1.52.